The number of hydrogen-bond acceptors (Lipinski definition) is 5. The van der Waals surface area contributed by atoms with Crippen molar-refractivity contribution in [3.05, 3.63) is 18.2 Å². The molecule has 1 aromatic rings. The van der Waals surface area contributed by atoms with E-state index in [0.717, 1.165) is 6.54 Å². The maximum atomic E-state index is 12.0. The molecule has 1 fully saturated rings. The highest BCUT2D eigenvalue weighted by atomic mass is 32.2. The van der Waals surface area contributed by atoms with Crippen molar-refractivity contribution in [2.45, 2.75) is 24.7 Å². The Hall–Kier alpha value is -0.920. The van der Waals surface area contributed by atoms with Crippen molar-refractivity contribution in [3.8, 4) is 0 Å². The van der Waals surface area contributed by atoms with Crippen molar-refractivity contribution < 1.29 is 8.42 Å². The predicted molar refractivity (Wildman–Crippen MR) is 90.3 cm³/mol. The second-order valence-electron chi connectivity index (χ2n) is 5.19. The fourth-order valence-electron chi connectivity index (χ4n) is 2.33. The van der Waals surface area contributed by atoms with Gasteiger partial charge in [-0.15, -0.1) is 0 Å². The van der Waals surface area contributed by atoms with E-state index in [4.69, 9.17) is 5.73 Å². The molecule has 0 unspecified atom stereocenters. The van der Waals surface area contributed by atoms with Crippen LogP contribution in [0.15, 0.2) is 23.1 Å². The molecule has 21 heavy (non-hydrogen) atoms. The number of thioether (sulfide) groups is 1. The van der Waals surface area contributed by atoms with Gasteiger partial charge in [0.1, 0.15) is 0 Å². The molecule has 1 saturated heterocycles. The standard InChI is InChI=1S/C14H23N3O2S2/c1-2-17-21(18,19)12-3-4-13(15)14(9-12)16-10-11-5-7-20-8-6-11/h3-4,9,11,16-17H,2,5-8,10,15H2,1H3. The summed E-state index contributed by atoms with van der Waals surface area (Å²) in [6.45, 7) is 2.97. The molecule has 1 heterocycles. The molecule has 5 nitrogen and oxygen atoms in total. The summed E-state index contributed by atoms with van der Waals surface area (Å²) in [5.41, 5.74) is 7.22. The number of nitrogens with two attached hydrogens (primary N) is 1. The van der Waals surface area contributed by atoms with E-state index in [1.165, 1.54) is 30.4 Å². The first-order chi connectivity index (χ1) is 10.0. The molecule has 0 spiro atoms. The Morgan fingerprint density at radius 2 is 2.05 bits per heavy atom. The van der Waals surface area contributed by atoms with Crippen LogP contribution in [0.4, 0.5) is 11.4 Å². The van der Waals surface area contributed by atoms with Crippen molar-refractivity contribution in [2.24, 2.45) is 5.92 Å². The molecule has 0 bridgehead atoms. The lowest BCUT2D eigenvalue weighted by Crippen LogP contribution is -2.23. The van der Waals surface area contributed by atoms with Gasteiger partial charge in [0.05, 0.1) is 16.3 Å². The van der Waals surface area contributed by atoms with Gasteiger partial charge in [-0.1, -0.05) is 6.92 Å². The Labute approximate surface area is 131 Å². The number of rotatable bonds is 6. The predicted octanol–water partition coefficient (Wildman–Crippen LogP) is 2.12. The van der Waals surface area contributed by atoms with Crippen LogP contribution in [-0.4, -0.2) is 33.0 Å². The largest absolute Gasteiger partial charge is 0.397 e. The molecule has 0 atom stereocenters. The molecule has 1 aliphatic rings. The second kappa shape index (κ2) is 7.38. The van der Waals surface area contributed by atoms with Crippen LogP contribution in [0.2, 0.25) is 0 Å². The van der Waals surface area contributed by atoms with E-state index in [0.29, 0.717) is 23.8 Å². The number of sulfonamides is 1. The first kappa shape index (κ1) is 16.5. The lowest BCUT2D eigenvalue weighted by Gasteiger charge is -2.22. The van der Waals surface area contributed by atoms with E-state index in [9.17, 15) is 8.42 Å². The van der Waals surface area contributed by atoms with Gasteiger partial charge in [-0.05, 0) is 48.5 Å². The Kier molecular flexibility index (Phi) is 5.78. The van der Waals surface area contributed by atoms with Crippen LogP contribution in [0.5, 0.6) is 0 Å². The first-order valence-electron chi connectivity index (χ1n) is 7.23. The fourth-order valence-corrected chi connectivity index (χ4v) is 4.60. The highest BCUT2D eigenvalue weighted by Gasteiger charge is 2.16. The Balaban J connectivity index is 2.08. The van der Waals surface area contributed by atoms with E-state index in [1.54, 1.807) is 19.1 Å². The van der Waals surface area contributed by atoms with E-state index in [-0.39, 0.29) is 4.90 Å². The smallest absolute Gasteiger partial charge is 0.240 e. The van der Waals surface area contributed by atoms with Crippen LogP contribution in [0, 0.1) is 5.92 Å². The van der Waals surface area contributed by atoms with E-state index in [2.05, 4.69) is 10.0 Å². The zero-order chi connectivity index (χ0) is 15.3. The minimum atomic E-state index is -3.44. The van der Waals surface area contributed by atoms with Gasteiger partial charge in [-0.3, -0.25) is 0 Å². The van der Waals surface area contributed by atoms with Crippen LogP contribution in [0.3, 0.4) is 0 Å². The molecule has 118 valence electrons. The third kappa shape index (κ3) is 4.52. The van der Waals surface area contributed by atoms with Crippen LogP contribution in [-0.2, 0) is 10.0 Å². The monoisotopic (exact) mass is 329 g/mol. The zero-order valence-electron chi connectivity index (χ0n) is 12.3. The summed E-state index contributed by atoms with van der Waals surface area (Å²) >= 11 is 1.99. The summed E-state index contributed by atoms with van der Waals surface area (Å²) in [4.78, 5) is 0.250. The van der Waals surface area contributed by atoms with E-state index >= 15 is 0 Å². The second-order valence-corrected chi connectivity index (χ2v) is 8.18. The van der Waals surface area contributed by atoms with Gasteiger partial charge in [-0.25, -0.2) is 13.1 Å². The fraction of sp³-hybridized carbons (Fsp3) is 0.571. The Morgan fingerprint density at radius 3 is 2.71 bits per heavy atom. The SMILES string of the molecule is CCNS(=O)(=O)c1ccc(N)c(NCC2CCSCC2)c1. The molecule has 0 amide bonds. The van der Waals surface area contributed by atoms with Crippen molar-refractivity contribution in [1.29, 1.82) is 0 Å². The summed E-state index contributed by atoms with van der Waals surface area (Å²) in [6, 6.07) is 4.80. The minimum absolute atomic E-state index is 0.250. The van der Waals surface area contributed by atoms with Crippen molar-refractivity contribution in [2.75, 3.05) is 35.6 Å². The quantitative estimate of drug-likeness (QED) is 0.696. The van der Waals surface area contributed by atoms with Gasteiger partial charge in [0, 0.05) is 13.1 Å². The Bertz CT molecular complexity index is 570. The highest BCUT2D eigenvalue weighted by molar-refractivity contribution is 7.99. The van der Waals surface area contributed by atoms with Crippen LogP contribution in [0.1, 0.15) is 19.8 Å². The van der Waals surface area contributed by atoms with E-state index in [1.807, 2.05) is 11.8 Å². The number of nitrogen functional groups attached to an aromatic ring is 1. The van der Waals surface area contributed by atoms with Gasteiger partial charge < -0.3 is 11.1 Å². The maximum Gasteiger partial charge on any atom is 0.240 e. The van der Waals surface area contributed by atoms with Crippen LogP contribution >= 0.6 is 11.8 Å². The van der Waals surface area contributed by atoms with Crippen LogP contribution in [0.25, 0.3) is 0 Å². The molecular weight excluding hydrogens is 306 g/mol. The van der Waals surface area contributed by atoms with Gasteiger partial charge in [-0.2, -0.15) is 11.8 Å². The third-order valence-corrected chi connectivity index (χ3v) is 6.18. The normalized spacial score (nSPS) is 16.8. The lowest BCUT2D eigenvalue weighted by molar-refractivity contribution is 0.516. The van der Waals surface area contributed by atoms with Gasteiger partial charge in [0.2, 0.25) is 10.0 Å². The summed E-state index contributed by atoms with van der Waals surface area (Å²) in [6.07, 6.45) is 2.40. The summed E-state index contributed by atoms with van der Waals surface area (Å²) in [5.74, 6) is 3.05. The molecule has 0 radical (unpaired) electrons. The molecule has 0 aliphatic carbocycles. The minimum Gasteiger partial charge on any atom is -0.397 e. The van der Waals surface area contributed by atoms with Gasteiger partial charge >= 0.3 is 0 Å². The molecule has 1 aliphatic heterocycles. The van der Waals surface area contributed by atoms with Gasteiger partial charge in [0.25, 0.3) is 0 Å². The third-order valence-electron chi connectivity index (χ3n) is 3.59. The lowest BCUT2D eigenvalue weighted by atomic mass is 10.0. The molecule has 1 aromatic carbocycles. The van der Waals surface area contributed by atoms with Crippen molar-refractivity contribution in [3.63, 3.8) is 0 Å². The molecule has 0 aromatic heterocycles. The molecular formula is C14H23N3O2S2. The average molecular weight is 329 g/mol. The number of hydrogen-bond donors (Lipinski definition) is 3. The molecule has 4 N–H and O–H groups in total. The zero-order valence-corrected chi connectivity index (χ0v) is 13.9. The van der Waals surface area contributed by atoms with Gasteiger partial charge in [0.15, 0.2) is 0 Å². The van der Waals surface area contributed by atoms with Crippen LogP contribution < -0.4 is 15.8 Å². The first-order valence-corrected chi connectivity index (χ1v) is 9.87. The molecule has 0 saturated carbocycles. The van der Waals surface area contributed by atoms with E-state index < -0.39 is 10.0 Å². The Morgan fingerprint density at radius 1 is 1.33 bits per heavy atom. The average Bonchev–Trinajstić information content (AvgIpc) is 2.47. The van der Waals surface area contributed by atoms with Crippen molar-refractivity contribution >= 4 is 33.2 Å². The van der Waals surface area contributed by atoms with Crippen molar-refractivity contribution in [1.82, 2.24) is 4.72 Å². The maximum absolute atomic E-state index is 12.0. The number of nitrogens with one attached hydrogen (secondary N) is 2. The molecule has 2 rings (SSSR count). The highest BCUT2D eigenvalue weighted by Crippen LogP contribution is 2.26. The molecule has 7 heteroatoms. The summed E-state index contributed by atoms with van der Waals surface area (Å²) in [7, 11) is -3.44. The topological polar surface area (TPSA) is 84.2 Å². The number of benzene rings is 1. The summed E-state index contributed by atoms with van der Waals surface area (Å²) < 4.78 is 26.5. The number of anilines is 2. The summed E-state index contributed by atoms with van der Waals surface area (Å²) in [5, 5.41) is 3.31.